The number of halogens is 2. The van der Waals surface area contributed by atoms with Crippen molar-refractivity contribution in [1.29, 1.82) is 0 Å². The highest BCUT2D eigenvalue weighted by atomic mass is 19.3. The van der Waals surface area contributed by atoms with Gasteiger partial charge in [-0.2, -0.15) is 0 Å². The van der Waals surface area contributed by atoms with Crippen LogP contribution in [0.1, 0.15) is 19.8 Å². The van der Waals surface area contributed by atoms with Crippen LogP contribution in [0.15, 0.2) is 0 Å². The molecule has 0 aromatic rings. The summed E-state index contributed by atoms with van der Waals surface area (Å²) in [6, 6.07) is -0.943. The summed E-state index contributed by atoms with van der Waals surface area (Å²) in [4.78, 5) is 10.9. The Morgan fingerprint density at radius 2 is 2.27 bits per heavy atom. The van der Waals surface area contributed by atoms with Gasteiger partial charge in [-0.25, -0.2) is 8.78 Å². The van der Waals surface area contributed by atoms with Gasteiger partial charge in [0.05, 0.1) is 19.3 Å². The second-order valence-electron chi connectivity index (χ2n) is 4.47. The standard InChI is InChI=1S/C10H15F2NO2/c1-6(14)2-7-3-8-4-15-5-9(13-8)10(7,11)12/h7-9,13H,2-5H2,1H3/t7-,8?,9?/m0/s1. The van der Waals surface area contributed by atoms with E-state index in [1.54, 1.807) is 0 Å². The zero-order valence-electron chi connectivity index (χ0n) is 8.63. The van der Waals surface area contributed by atoms with E-state index in [0.29, 0.717) is 13.0 Å². The molecule has 3 atom stereocenters. The van der Waals surface area contributed by atoms with Crippen LogP contribution in [0.3, 0.4) is 0 Å². The minimum absolute atomic E-state index is 0.0206. The van der Waals surface area contributed by atoms with Crippen LogP contribution < -0.4 is 5.32 Å². The first kappa shape index (κ1) is 11.0. The van der Waals surface area contributed by atoms with Crippen molar-refractivity contribution >= 4 is 5.78 Å². The smallest absolute Gasteiger partial charge is 0.268 e. The maximum atomic E-state index is 13.8. The number of piperidine rings is 1. The molecule has 2 heterocycles. The van der Waals surface area contributed by atoms with Crippen molar-refractivity contribution < 1.29 is 18.3 Å². The van der Waals surface area contributed by atoms with Crippen LogP contribution in [0, 0.1) is 5.92 Å². The van der Waals surface area contributed by atoms with Crippen molar-refractivity contribution in [2.75, 3.05) is 13.2 Å². The van der Waals surface area contributed by atoms with Crippen molar-refractivity contribution in [2.24, 2.45) is 5.92 Å². The molecule has 2 rings (SSSR count). The third-order valence-corrected chi connectivity index (χ3v) is 3.15. The van der Waals surface area contributed by atoms with Gasteiger partial charge in [-0.3, -0.25) is 0 Å². The molecule has 2 bridgehead atoms. The molecule has 2 aliphatic rings. The lowest BCUT2D eigenvalue weighted by Gasteiger charge is -2.45. The molecule has 1 N–H and O–H groups in total. The molecule has 0 aromatic carbocycles. The highest BCUT2D eigenvalue weighted by Crippen LogP contribution is 2.39. The Labute approximate surface area is 87.2 Å². The fourth-order valence-corrected chi connectivity index (χ4v) is 2.42. The third-order valence-electron chi connectivity index (χ3n) is 3.15. The van der Waals surface area contributed by atoms with E-state index < -0.39 is 17.9 Å². The zero-order valence-corrected chi connectivity index (χ0v) is 8.63. The molecular formula is C10H15F2NO2. The van der Waals surface area contributed by atoms with Crippen LogP contribution in [0.4, 0.5) is 8.78 Å². The van der Waals surface area contributed by atoms with Gasteiger partial charge in [-0.15, -0.1) is 0 Å². The molecule has 2 unspecified atom stereocenters. The van der Waals surface area contributed by atoms with Crippen molar-refractivity contribution in [1.82, 2.24) is 5.32 Å². The van der Waals surface area contributed by atoms with Crippen LogP contribution >= 0.6 is 0 Å². The van der Waals surface area contributed by atoms with Gasteiger partial charge in [0.1, 0.15) is 5.78 Å². The maximum Gasteiger partial charge on any atom is 0.268 e. The Hall–Kier alpha value is -0.550. The van der Waals surface area contributed by atoms with Crippen LogP contribution in [0.25, 0.3) is 0 Å². The summed E-state index contributed by atoms with van der Waals surface area (Å²) in [7, 11) is 0. The number of carbonyl (C=O) groups excluding carboxylic acids is 1. The number of hydrogen-bond donors (Lipinski definition) is 1. The second kappa shape index (κ2) is 3.79. The van der Waals surface area contributed by atoms with Crippen molar-refractivity contribution in [3.8, 4) is 0 Å². The van der Waals surface area contributed by atoms with Crippen LogP contribution in [0.5, 0.6) is 0 Å². The van der Waals surface area contributed by atoms with Gasteiger partial charge in [0.25, 0.3) is 5.92 Å². The number of carbonyl (C=O) groups is 1. The number of ether oxygens (including phenoxy) is 1. The van der Waals surface area contributed by atoms with Gasteiger partial charge in [0, 0.05) is 18.4 Å². The van der Waals surface area contributed by atoms with Crippen molar-refractivity contribution in [3.05, 3.63) is 0 Å². The Kier molecular flexibility index (Phi) is 2.77. The molecule has 0 saturated carbocycles. The lowest BCUT2D eigenvalue weighted by Crippen LogP contribution is -2.64. The SMILES string of the molecule is CC(=O)C[C@H]1CC2COCC(N2)C1(F)F. The number of ketones is 1. The van der Waals surface area contributed by atoms with E-state index >= 15 is 0 Å². The third kappa shape index (κ3) is 2.03. The van der Waals surface area contributed by atoms with Gasteiger partial charge in [-0.1, -0.05) is 0 Å². The van der Waals surface area contributed by atoms with E-state index in [1.165, 1.54) is 6.92 Å². The summed E-state index contributed by atoms with van der Waals surface area (Å²) >= 11 is 0. The first-order chi connectivity index (χ1) is 7.00. The van der Waals surface area contributed by atoms with Gasteiger partial charge in [0.15, 0.2) is 0 Å². The number of rotatable bonds is 2. The predicted molar refractivity (Wildman–Crippen MR) is 49.9 cm³/mol. The van der Waals surface area contributed by atoms with Gasteiger partial charge in [-0.05, 0) is 13.3 Å². The number of morpholine rings is 1. The fourth-order valence-electron chi connectivity index (χ4n) is 2.42. The fraction of sp³-hybridized carbons (Fsp3) is 0.900. The molecule has 5 heteroatoms. The average Bonchev–Trinajstić information content (AvgIpc) is 2.15. The quantitative estimate of drug-likeness (QED) is 0.752. The molecule has 86 valence electrons. The Balaban J connectivity index is 2.12. The van der Waals surface area contributed by atoms with E-state index in [0.717, 1.165) is 0 Å². The number of alkyl halides is 2. The van der Waals surface area contributed by atoms with E-state index in [9.17, 15) is 13.6 Å². The van der Waals surface area contributed by atoms with E-state index in [1.807, 2.05) is 0 Å². The van der Waals surface area contributed by atoms with Gasteiger partial charge >= 0.3 is 0 Å². The first-order valence-electron chi connectivity index (χ1n) is 5.21. The lowest BCUT2D eigenvalue weighted by atomic mass is 9.80. The molecule has 0 amide bonds. The van der Waals surface area contributed by atoms with E-state index in [2.05, 4.69) is 5.32 Å². The van der Waals surface area contributed by atoms with E-state index in [4.69, 9.17) is 4.74 Å². The first-order valence-corrected chi connectivity index (χ1v) is 5.21. The maximum absolute atomic E-state index is 13.8. The summed E-state index contributed by atoms with van der Waals surface area (Å²) in [5.74, 6) is -3.82. The summed E-state index contributed by atoms with van der Waals surface area (Å²) in [6.07, 6.45) is 0.296. The molecule has 2 saturated heterocycles. The average molecular weight is 219 g/mol. The van der Waals surface area contributed by atoms with Crippen LogP contribution in [0.2, 0.25) is 0 Å². The van der Waals surface area contributed by atoms with Gasteiger partial charge < -0.3 is 14.8 Å². The number of fused-ring (bicyclic) bond motifs is 2. The molecule has 0 spiro atoms. The van der Waals surface area contributed by atoms with Crippen LogP contribution in [-0.2, 0) is 9.53 Å². The molecule has 2 fully saturated rings. The molecule has 0 radical (unpaired) electrons. The Morgan fingerprint density at radius 1 is 1.53 bits per heavy atom. The normalized spacial score (nSPS) is 38.7. The van der Waals surface area contributed by atoms with Crippen LogP contribution in [-0.4, -0.2) is 37.0 Å². The van der Waals surface area contributed by atoms with Gasteiger partial charge in [0.2, 0.25) is 0 Å². The van der Waals surface area contributed by atoms with E-state index in [-0.39, 0.29) is 24.9 Å². The molecular weight excluding hydrogens is 204 g/mol. The topological polar surface area (TPSA) is 38.3 Å². The Morgan fingerprint density at radius 3 is 2.93 bits per heavy atom. The lowest BCUT2D eigenvalue weighted by molar-refractivity contribution is -0.165. The molecule has 3 nitrogen and oxygen atoms in total. The monoisotopic (exact) mass is 219 g/mol. The highest BCUT2D eigenvalue weighted by molar-refractivity contribution is 5.75. The zero-order chi connectivity index (χ0) is 11.1. The molecule has 0 aromatic heterocycles. The summed E-state index contributed by atoms with van der Waals surface area (Å²) in [6.45, 7) is 1.88. The Bertz CT molecular complexity index is 270. The summed E-state index contributed by atoms with van der Waals surface area (Å²) in [5, 5.41) is 2.86. The van der Waals surface area contributed by atoms with Crippen molar-refractivity contribution in [3.63, 3.8) is 0 Å². The van der Waals surface area contributed by atoms with Crippen molar-refractivity contribution in [2.45, 2.75) is 37.8 Å². The molecule has 0 aliphatic carbocycles. The second-order valence-corrected chi connectivity index (χ2v) is 4.47. The number of hydrogen-bond acceptors (Lipinski definition) is 3. The minimum Gasteiger partial charge on any atom is -0.378 e. The summed E-state index contributed by atoms with van der Waals surface area (Å²) < 4.78 is 32.7. The molecule has 15 heavy (non-hydrogen) atoms. The minimum atomic E-state index is -2.83. The highest BCUT2D eigenvalue weighted by Gasteiger charge is 2.53. The largest absolute Gasteiger partial charge is 0.378 e. The number of nitrogens with one attached hydrogen (secondary N) is 1. The summed E-state index contributed by atoms with van der Waals surface area (Å²) in [5.41, 5.74) is 0. The molecule has 2 aliphatic heterocycles. The number of Topliss-reactive ketones (excluding diaryl/α,β-unsaturated/α-hetero) is 1. The predicted octanol–water partition coefficient (Wildman–Crippen LogP) is 0.978.